The van der Waals surface area contributed by atoms with Gasteiger partial charge in [-0.1, -0.05) is 17.7 Å². The average Bonchev–Trinajstić information content (AvgIpc) is 2.92. The third-order valence-corrected chi connectivity index (χ3v) is 3.39. The van der Waals surface area contributed by atoms with Gasteiger partial charge in [0.1, 0.15) is 10.8 Å². The molecule has 2 aromatic rings. The average molecular weight is 277 g/mol. The predicted molar refractivity (Wildman–Crippen MR) is 70.8 cm³/mol. The molecule has 1 aromatic heterocycles. The molecule has 2 amide bonds. The molecule has 1 aromatic carbocycles. The molecule has 19 heavy (non-hydrogen) atoms. The van der Waals surface area contributed by atoms with Gasteiger partial charge in [0.2, 0.25) is 0 Å². The molecule has 1 aliphatic rings. The summed E-state index contributed by atoms with van der Waals surface area (Å²) in [5, 5.41) is 2.79. The molecule has 2 N–H and O–H groups in total. The minimum atomic E-state index is -0.578. The van der Waals surface area contributed by atoms with E-state index >= 15 is 0 Å². The Hall–Kier alpha value is -2.27. The molecular formula is C13H9ClN2O3. The van der Waals surface area contributed by atoms with Gasteiger partial charge >= 0.3 is 0 Å². The number of nitrogens with one attached hydrogen (secondary N) is 2. The Balaban J connectivity index is 2.33. The van der Waals surface area contributed by atoms with Crippen LogP contribution in [0.5, 0.6) is 5.75 Å². The predicted octanol–water partition coefficient (Wildman–Crippen LogP) is 1.78. The summed E-state index contributed by atoms with van der Waals surface area (Å²) in [4.78, 5) is 26.3. The number of carbonyl (C=O) groups excluding carboxylic acids is 2. The number of methoxy groups -OCH3 is 1. The lowest BCUT2D eigenvalue weighted by Gasteiger charge is -2.04. The van der Waals surface area contributed by atoms with Crippen molar-refractivity contribution in [2.24, 2.45) is 0 Å². The molecule has 3 rings (SSSR count). The third kappa shape index (κ3) is 1.62. The van der Waals surface area contributed by atoms with Gasteiger partial charge in [0.25, 0.3) is 11.8 Å². The molecule has 0 aliphatic carbocycles. The van der Waals surface area contributed by atoms with Crippen molar-refractivity contribution in [1.29, 1.82) is 0 Å². The monoisotopic (exact) mass is 276 g/mol. The number of hydrogen-bond acceptors (Lipinski definition) is 3. The maximum absolute atomic E-state index is 11.8. The first-order chi connectivity index (χ1) is 9.13. The van der Waals surface area contributed by atoms with Crippen LogP contribution in [0.25, 0.3) is 16.5 Å². The van der Waals surface area contributed by atoms with Crippen molar-refractivity contribution in [3.63, 3.8) is 0 Å². The smallest absolute Gasteiger partial charge is 0.270 e. The van der Waals surface area contributed by atoms with Crippen LogP contribution in [0.3, 0.4) is 0 Å². The zero-order chi connectivity index (χ0) is 13.6. The van der Waals surface area contributed by atoms with E-state index in [-0.39, 0.29) is 10.6 Å². The second-order valence-electron chi connectivity index (χ2n) is 4.06. The van der Waals surface area contributed by atoms with Gasteiger partial charge in [-0.05, 0) is 12.1 Å². The van der Waals surface area contributed by atoms with E-state index in [1.54, 1.807) is 19.4 Å². The number of aromatic amines is 1. The lowest BCUT2D eigenvalue weighted by molar-refractivity contribution is -0.123. The lowest BCUT2D eigenvalue weighted by Crippen LogP contribution is -2.22. The first-order valence-electron chi connectivity index (χ1n) is 5.53. The van der Waals surface area contributed by atoms with Crippen LogP contribution in [0.2, 0.25) is 0 Å². The molecular weight excluding hydrogens is 268 g/mol. The molecule has 2 heterocycles. The highest BCUT2D eigenvalue weighted by Crippen LogP contribution is 2.36. The van der Waals surface area contributed by atoms with E-state index < -0.39 is 11.8 Å². The Bertz CT molecular complexity index is 745. The van der Waals surface area contributed by atoms with Crippen LogP contribution in [0.4, 0.5) is 0 Å². The molecule has 5 nitrogen and oxygen atoms in total. The molecule has 0 unspecified atom stereocenters. The molecule has 0 radical (unpaired) electrons. The Labute approximate surface area is 113 Å². The van der Waals surface area contributed by atoms with E-state index in [0.29, 0.717) is 11.3 Å². The summed E-state index contributed by atoms with van der Waals surface area (Å²) in [5.74, 6) is -0.467. The summed E-state index contributed by atoms with van der Waals surface area (Å²) < 4.78 is 5.28. The summed E-state index contributed by atoms with van der Waals surface area (Å²) >= 11 is 5.90. The number of amides is 2. The highest BCUT2D eigenvalue weighted by molar-refractivity contribution is 6.55. The number of H-pyrrole nitrogens is 1. The Morgan fingerprint density at radius 3 is 2.63 bits per heavy atom. The largest absolute Gasteiger partial charge is 0.496 e. The first-order valence-corrected chi connectivity index (χ1v) is 5.91. The molecule has 0 fully saturated rings. The molecule has 0 bridgehead atoms. The molecule has 96 valence electrons. The van der Waals surface area contributed by atoms with Crippen molar-refractivity contribution < 1.29 is 14.3 Å². The molecule has 6 heteroatoms. The van der Waals surface area contributed by atoms with Crippen molar-refractivity contribution in [2.45, 2.75) is 0 Å². The number of halogens is 1. The van der Waals surface area contributed by atoms with Gasteiger partial charge in [-0.15, -0.1) is 0 Å². The maximum Gasteiger partial charge on any atom is 0.270 e. The van der Waals surface area contributed by atoms with Crippen LogP contribution < -0.4 is 10.1 Å². The molecule has 1 aliphatic heterocycles. The van der Waals surface area contributed by atoms with Gasteiger partial charge in [-0.2, -0.15) is 0 Å². The van der Waals surface area contributed by atoms with E-state index in [9.17, 15) is 9.59 Å². The summed E-state index contributed by atoms with van der Waals surface area (Å²) in [6, 6.07) is 5.46. The fraction of sp³-hybridized carbons (Fsp3) is 0.0769. The maximum atomic E-state index is 11.8. The zero-order valence-corrected chi connectivity index (χ0v) is 10.7. The van der Waals surface area contributed by atoms with Crippen molar-refractivity contribution in [3.05, 3.63) is 35.0 Å². The number of ether oxygens (including phenoxy) is 1. The minimum absolute atomic E-state index is 0.100. The van der Waals surface area contributed by atoms with E-state index in [1.165, 1.54) is 0 Å². The normalized spacial score (nSPS) is 15.3. The van der Waals surface area contributed by atoms with Gasteiger partial charge < -0.3 is 9.72 Å². The van der Waals surface area contributed by atoms with E-state index in [4.69, 9.17) is 16.3 Å². The fourth-order valence-electron chi connectivity index (χ4n) is 2.19. The third-order valence-electron chi connectivity index (χ3n) is 3.03. The van der Waals surface area contributed by atoms with Crippen LogP contribution in [0, 0.1) is 0 Å². The van der Waals surface area contributed by atoms with Gasteiger partial charge in [-0.3, -0.25) is 14.9 Å². The minimum Gasteiger partial charge on any atom is -0.496 e. The fourth-order valence-corrected chi connectivity index (χ4v) is 2.43. The summed E-state index contributed by atoms with van der Waals surface area (Å²) in [5.41, 5.74) is 1.53. The van der Waals surface area contributed by atoms with E-state index in [1.807, 2.05) is 12.1 Å². The van der Waals surface area contributed by atoms with Crippen LogP contribution in [0.15, 0.2) is 29.4 Å². The van der Waals surface area contributed by atoms with Crippen molar-refractivity contribution >= 4 is 39.9 Å². The van der Waals surface area contributed by atoms with Gasteiger partial charge in [0, 0.05) is 22.7 Å². The van der Waals surface area contributed by atoms with Crippen molar-refractivity contribution in [1.82, 2.24) is 10.3 Å². The van der Waals surface area contributed by atoms with Gasteiger partial charge in [0.05, 0.1) is 12.7 Å². The summed E-state index contributed by atoms with van der Waals surface area (Å²) in [7, 11) is 1.54. The van der Waals surface area contributed by atoms with Crippen molar-refractivity contribution in [2.75, 3.05) is 7.11 Å². The topological polar surface area (TPSA) is 71.2 Å². The van der Waals surface area contributed by atoms with Gasteiger partial charge in [0.15, 0.2) is 0 Å². The highest BCUT2D eigenvalue weighted by atomic mass is 35.5. The quantitative estimate of drug-likeness (QED) is 0.822. The molecule has 0 spiro atoms. The van der Waals surface area contributed by atoms with Gasteiger partial charge in [-0.25, -0.2) is 0 Å². The number of carbonyl (C=O) groups is 2. The van der Waals surface area contributed by atoms with Crippen LogP contribution in [-0.2, 0) is 9.59 Å². The standard InChI is InChI=1S/C13H9ClN2O3/c1-19-8-4-2-3-7-9(8)6(5-15-7)10-11(14)13(18)16-12(10)17/h2-5,15H,1H3,(H,16,17,18). The second kappa shape index (κ2) is 4.13. The van der Waals surface area contributed by atoms with Crippen LogP contribution in [-0.4, -0.2) is 23.9 Å². The Morgan fingerprint density at radius 2 is 2.00 bits per heavy atom. The number of aromatic nitrogens is 1. The Kier molecular flexibility index (Phi) is 2.57. The van der Waals surface area contributed by atoms with Crippen LogP contribution >= 0.6 is 11.6 Å². The molecule has 0 saturated carbocycles. The highest BCUT2D eigenvalue weighted by Gasteiger charge is 2.32. The second-order valence-corrected chi connectivity index (χ2v) is 4.44. The zero-order valence-electron chi connectivity index (χ0n) is 9.91. The molecule has 0 atom stereocenters. The van der Waals surface area contributed by atoms with E-state index in [0.717, 1.165) is 10.9 Å². The first kappa shape index (κ1) is 11.8. The van der Waals surface area contributed by atoms with Crippen molar-refractivity contribution in [3.8, 4) is 5.75 Å². The van der Waals surface area contributed by atoms with E-state index in [2.05, 4.69) is 10.3 Å². The number of imide groups is 1. The SMILES string of the molecule is COc1cccc2[nH]cc(C3=C(Cl)C(=O)NC3=O)c12. The van der Waals surface area contributed by atoms with Crippen LogP contribution in [0.1, 0.15) is 5.56 Å². The molecule has 0 saturated heterocycles. The lowest BCUT2D eigenvalue weighted by atomic mass is 10.0. The number of rotatable bonds is 2. The number of fused-ring (bicyclic) bond motifs is 1. The summed E-state index contributed by atoms with van der Waals surface area (Å²) in [6.45, 7) is 0. The number of benzene rings is 1. The Morgan fingerprint density at radius 1 is 1.21 bits per heavy atom. The number of hydrogen-bond donors (Lipinski definition) is 2. The summed E-state index contributed by atoms with van der Waals surface area (Å²) in [6.07, 6.45) is 1.64.